The molecule has 6 rings (SSSR count). The molecule has 3 saturated carbocycles. The summed E-state index contributed by atoms with van der Waals surface area (Å²) < 4.78 is 20.0. The van der Waals surface area contributed by atoms with Gasteiger partial charge in [-0.1, -0.05) is 24.3 Å². The van der Waals surface area contributed by atoms with Gasteiger partial charge in [0.2, 0.25) is 0 Å². The molecule has 0 saturated heterocycles. The van der Waals surface area contributed by atoms with E-state index < -0.39 is 17.7 Å². The number of methoxy groups -OCH3 is 1. The average Bonchev–Trinajstić information content (AvgIpc) is 3.26. The van der Waals surface area contributed by atoms with E-state index in [1.807, 2.05) is 0 Å². The lowest BCUT2D eigenvalue weighted by atomic mass is 9.60. The molecular formula is C27H29FN4O4. The Morgan fingerprint density at radius 2 is 1.83 bits per heavy atom. The first-order valence-corrected chi connectivity index (χ1v) is 12.1. The number of nitrogens with one attached hydrogen (secondary N) is 1. The monoisotopic (exact) mass is 492 g/mol. The first kappa shape index (κ1) is 23.8. The molecule has 1 heterocycles. The van der Waals surface area contributed by atoms with Crippen molar-refractivity contribution in [3.63, 3.8) is 0 Å². The van der Waals surface area contributed by atoms with Crippen molar-refractivity contribution in [2.24, 2.45) is 5.92 Å². The summed E-state index contributed by atoms with van der Waals surface area (Å²) in [4.78, 5) is 29.5. The van der Waals surface area contributed by atoms with Crippen LogP contribution in [-0.2, 0) is 12.0 Å². The van der Waals surface area contributed by atoms with Crippen molar-refractivity contribution in [1.82, 2.24) is 15.0 Å². The Hall–Kier alpha value is -3.88. The highest BCUT2D eigenvalue weighted by atomic mass is 19.1. The number of hydrogen-bond donors (Lipinski definition) is 3. The molecule has 188 valence electrons. The Labute approximate surface area is 208 Å². The molecule has 0 spiro atoms. The zero-order valence-electron chi connectivity index (χ0n) is 20.1. The molecule has 3 aliphatic rings. The van der Waals surface area contributed by atoms with Crippen molar-refractivity contribution in [1.29, 1.82) is 0 Å². The lowest BCUT2D eigenvalue weighted by Crippen LogP contribution is -2.41. The summed E-state index contributed by atoms with van der Waals surface area (Å²) in [7, 11) is 1.42. The number of rotatable bonds is 7. The van der Waals surface area contributed by atoms with Crippen molar-refractivity contribution in [2.75, 3.05) is 13.0 Å². The number of nitrogens with two attached hydrogens (primary N) is 1. The van der Waals surface area contributed by atoms with E-state index in [1.165, 1.54) is 23.9 Å². The first-order valence-electron chi connectivity index (χ1n) is 12.1. The van der Waals surface area contributed by atoms with Crippen molar-refractivity contribution in [3.8, 4) is 17.0 Å². The summed E-state index contributed by atoms with van der Waals surface area (Å²) >= 11 is 0. The third-order valence-electron chi connectivity index (χ3n) is 7.77. The van der Waals surface area contributed by atoms with Crippen LogP contribution in [0.3, 0.4) is 0 Å². The van der Waals surface area contributed by atoms with E-state index in [9.17, 15) is 19.1 Å². The number of fused-ring (bicyclic) bond motifs is 3. The Balaban J connectivity index is 1.37. The molecule has 3 fully saturated rings. The number of nitrogen functional groups attached to an aromatic ring is 1. The van der Waals surface area contributed by atoms with Crippen LogP contribution in [0, 0.1) is 11.7 Å². The minimum atomic E-state index is -1.12. The molecule has 1 amide bonds. The van der Waals surface area contributed by atoms with Gasteiger partial charge in [-0.15, -0.1) is 0 Å². The third-order valence-corrected chi connectivity index (χ3v) is 7.77. The Bertz CT molecular complexity index is 1300. The number of hydrogen-bond acceptors (Lipinski definition) is 5. The lowest BCUT2D eigenvalue weighted by molar-refractivity contribution is 0.0685. The molecule has 4 N–H and O–H groups in total. The zero-order valence-corrected chi connectivity index (χ0v) is 20.1. The van der Waals surface area contributed by atoms with Crippen LogP contribution >= 0.6 is 0 Å². The molecule has 1 aromatic heterocycles. The Morgan fingerprint density at radius 3 is 2.44 bits per heavy atom. The number of halogens is 1. The maximum atomic E-state index is 13.6. The zero-order chi connectivity index (χ0) is 25.4. The fourth-order valence-electron chi connectivity index (χ4n) is 5.71. The number of ether oxygens (including phenoxy) is 1. The molecular weight excluding hydrogens is 463 g/mol. The Kier molecular flexibility index (Phi) is 6.15. The van der Waals surface area contributed by atoms with E-state index in [-0.39, 0.29) is 29.0 Å². The normalized spacial score (nSPS) is 20.8. The van der Waals surface area contributed by atoms with Crippen LogP contribution in [0.5, 0.6) is 5.75 Å². The van der Waals surface area contributed by atoms with Crippen LogP contribution in [0.4, 0.5) is 4.39 Å². The molecule has 3 aliphatic carbocycles. The number of carboxylic acid groups (broad SMARTS) is 1. The third kappa shape index (κ3) is 4.19. The van der Waals surface area contributed by atoms with Crippen LogP contribution in [-0.4, -0.2) is 33.8 Å². The fourth-order valence-corrected chi connectivity index (χ4v) is 5.71. The number of aromatic carboxylic acids is 1. The largest absolute Gasteiger partial charge is 0.496 e. The van der Waals surface area contributed by atoms with E-state index in [1.54, 1.807) is 24.3 Å². The second-order valence-electron chi connectivity index (χ2n) is 9.79. The number of carboxylic acids is 1. The summed E-state index contributed by atoms with van der Waals surface area (Å²) in [5.74, 6) is 5.94. The number of carbonyl (C=O) groups excluding carboxylic acids is 1. The van der Waals surface area contributed by atoms with Gasteiger partial charge in [-0.05, 0) is 68.2 Å². The van der Waals surface area contributed by atoms with Crippen molar-refractivity contribution >= 4 is 11.9 Å². The number of carbonyl (C=O) groups is 2. The molecule has 8 nitrogen and oxygen atoms in total. The molecule has 0 aliphatic heterocycles. The van der Waals surface area contributed by atoms with Crippen LogP contribution < -0.4 is 15.9 Å². The fraction of sp³-hybridized carbons (Fsp3) is 0.370. The quantitative estimate of drug-likeness (QED) is 0.424. The number of nitrogens with zero attached hydrogens (tertiary/aromatic N) is 2. The summed E-state index contributed by atoms with van der Waals surface area (Å²) in [6.45, 7) is 0.200. The van der Waals surface area contributed by atoms with Gasteiger partial charge in [0, 0.05) is 17.5 Å². The number of benzene rings is 2. The molecule has 2 aromatic carbocycles. The SMILES string of the molecule is COc1ccc(F)cc1C(=O)NCc1ccc(-c2nc(C34CCC(CC3)CC4)n(N)c2C(=O)O)cc1. The highest BCUT2D eigenvalue weighted by molar-refractivity contribution is 5.97. The van der Waals surface area contributed by atoms with E-state index in [0.29, 0.717) is 17.1 Å². The Morgan fingerprint density at radius 1 is 1.17 bits per heavy atom. The molecule has 0 unspecified atom stereocenters. The molecule has 9 heteroatoms. The topological polar surface area (TPSA) is 119 Å². The summed E-state index contributed by atoms with van der Waals surface area (Å²) in [5, 5.41) is 12.7. The van der Waals surface area contributed by atoms with Crippen molar-refractivity contribution in [2.45, 2.75) is 50.5 Å². The summed E-state index contributed by atoms with van der Waals surface area (Å²) in [6, 6.07) is 10.9. The lowest BCUT2D eigenvalue weighted by Gasteiger charge is -2.45. The number of imidazole rings is 1. The second kappa shape index (κ2) is 9.29. The van der Waals surface area contributed by atoms with E-state index in [4.69, 9.17) is 15.6 Å². The smallest absolute Gasteiger partial charge is 0.356 e. The van der Waals surface area contributed by atoms with Gasteiger partial charge < -0.3 is 21.0 Å². The average molecular weight is 493 g/mol. The van der Waals surface area contributed by atoms with E-state index in [0.717, 1.165) is 56.1 Å². The predicted octanol–water partition coefficient (Wildman–Crippen LogP) is 4.26. The van der Waals surface area contributed by atoms with Crippen molar-refractivity contribution < 1.29 is 23.8 Å². The standard InChI is InChI=1S/C27H29FN4O4/c1-36-21-7-6-19(28)14-20(21)24(33)30-15-17-2-4-18(5-3-17)22-23(25(34)35)32(29)26(31-22)27-11-8-16(9-12-27)10-13-27/h2-7,14,16H,8-13,15,29H2,1H3,(H,30,33)(H,34,35). The van der Waals surface area contributed by atoms with Gasteiger partial charge in [0.1, 0.15) is 23.1 Å². The van der Waals surface area contributed by atoms with E-state index in [2.05, 4.69) is 5.32 Å². The van der Waals surface area contributed by atoms with Gasteiger partial charge in [0.25, 0.3) is 5.91 Å². The highest BCUT2D eigenvalue weighted by Crippen LogP contribution is 2.51. The summed E-state index contributed by atoms with van der Waals surface area (Å²) in [6.07, 6.45) is 6.35. The van der Waals surface area contributed by atoms with Crippen LogP contribution in [0.25, 0.3) is 11.3 Å². The van der Waals surface area contributed by atoms with Gasteiger partial charge in [-0.2, -0.15) is 0 Å². The van der Waals surface area contributed by atoms with Gasteiger partial charge in [0.05, 0.1) is 12.7 Å². The second-order valence-corrected chi connectivity index (χ2v) is 9.79. The van der Waals surface area contributed by atoms with Gasteiger partial charge in [-0.25, -0.2) is 18.8 Å². The first-order chi connectivity index (χ1) is 17.3. The maximum absolute atomic E-state index is 13.6. The molecule has 3 aromatic rings. The van der Waals surface area contributed by atoms with Crippen LogP contribution in [0.15, 0.2) is 42.5 Å². The van der Waals surface area contributed by atoms with Gasteiger partial charge in [-0.3, -0.25) is 4.79 Å². The molecule has 0 atom stereocenters. The van der Waals surface area contributed by atoms with Crippen LogP contribution in [0.1, 0.15) is 70.8 Å². The predicted molar refractivity (Wildman–Crippen MR) is 132 cm³/mol. The maximum Gasteiger partial charge on any atom is 0.356 e. The minimum Gasteiger partial charge on any atom is -0.496 e. The molecule has 2 bridgehead atoms. The minimum absolute atomic E-state index is 0.0219. The van der Waals surface area contributed by atoms with E-state index >= 15 is 0 Å². The number of aromatic nitrogens is 2. The number of amides is 1. The summed E-state index contributed by atoms with van der Waals surface area (Å²) in [5.41, 5.74) is 1.70. The molecule has 36 heavy (non-hydrogen) atoms. The highest BCUT2D eigenvalue weighted by Gasteiger charge is 2.45. The van der Waals surface area contributed by atoms with Gasteiger partial charge in [0.15, 0.2) is 5.69 Å². The van der Waals surface area contributed by atoms with Gasteiger partial charge >= 0.3 is 5.97 Å². The van der Waals surface area contributed by atoms with Crippen LogP contribution in [0.2, 0.25) is 0 Å². The molecule has 0 radical (unpaired) electrons. The van der Waals surface area contributed by atoms with Crippen molar-refractivity contribution in [3.05, 3.63) is 70.9 Å².